The number of hydrogen-bond acceptors (Lipinski definition) is 5. The summed E-state index contributed by atoms with van der Waals surface area (Å²) in [4.78, 5) is 39.2. The maximum Gasteiger partial charge on any atom is 0.407 e. The number of carbonyl (C=O) groups excluding carboxylic acids is 2. The predicted octanol–water partition coefficient (Wildman–Crippen LogP) is 4.12. The number of fused-ring (bicyclic) bond motifs is 1. The summed E-state index contributed by atoms with van der Waals surface area (Å²) >= 11 is 9.63. The van der Waals surface area contributed by atoms with Crippen molar-refractivity contribution in [2.75, 3.05) is 31.1 Å². The van der Waals surface area contributed by atoms with E-state index in [1.165, 1.54) is 4.90 Å². The van der Waals surface area contributed by atoms with Gasteiger partial charge in [0, 0.05) is 43.0 Å². The molecule has 2 N–H and O–H groups in total. The van der Waals surface area contributed by atoms with Gasteiger partial charge in [-0.1, -0.05) is 41.9 Å². The number of halogens is 2. The third kappa shape index (κ3) is 5.56. The van der Waals surface area contributed by atoms with Gasteiger partial charge >= 0.3 is 12.2 Å². The van der Waals surface area contributed by atoms with Crippen molar-refractivity contribution in [3.63, 3.8) is 0 Å². The Kier molecular flexibility index (Phi) is 7.47. The Morgan fingerprint density at radius 3 is 2.68 bits per heavy atom. The average Bonchev–Trinajstić information content (AvgIpc) is 2.78. The minimum absolute atomic E-state index is 0.0140. The van der Waals surface area contributed by atoms with Crippen LogP contribution in [0, 0.1) is 5.92 Å². The van der Waals surface area contributed by atoms with Gasteiger partial charge in [-0.15, -0.1) is 0 Å². The molecule has 3 amide bonds. The first kappa shape index (κ1) is 24.2. The van der Waals surface area contributed by atoms with Crippen molar-refractivity contribution < 1.29 is 29.0 Å². The van der Waals surface area contributed by atoms with Gasteiger partial charge in [-0.3, -0.25) is 4.79 Å². The number of likely N-dealkylation sites (tertiary alicyclic amines) is 1. The monoisotopic (exact) mass is 551 g/mol. The minimum Gasteiger partial charge on any atom is -0.478 e. The highest BCUT2D eigenvalue weighted by Gasteiger charge is 2.39. The van der Waals surface area contributed by atoms with E-state index in [1.54, 1.807) is 17.0 Å². The Bertz CT molecular complexity index is 1080. The molecule has 9 nitrogen and oxygen atoms in total. The van der Waals surface area contributed by atoms with Crippen molar-refractivity contribution in [1.29, 1.82) is 0 Å². The fourth-order valence-electron chi connectivity index (χ4n) is 3.87. The van der Waals surface area contributed by atoms with Crippen molar-refractivity contribution >= 4 is 51.3 Å². The molecule has 0 saturated carbocycles. The van der Waals surface area contributed by atoms with Crippen LogP contribution < -0.4 is 15.0 Å². The Morgan fingerprint density at radius 2 is 1.97 bits per heavy atom. The Hall–Kier alpha value is -2.98. The second kappa shape index (κ2) is 10.5. The van der Waals surface area contributed by atoms with Crippen molar-refractivity contribution in [3.8, 4) is 5.75 Å². The zero-order chi connectivity index (χ0) is 24.2. The van der Waals surface area contributed by atoms with E-state index in [1.807, 2.05) is 30.3 Å². The minimum atomic E-state index is -0.972. The summed E-state index contributed by atoms with van der Waals surface area (Å²) in [6, 6.07) is 12.7. The summed E-state index contributed by atoms with van der Waals surface area (Å²) in [5.41, 5.74) is 1.41. The molecule has 34 heavy (non-hydrogen) atoms. The molecule has 11 heteroatoms. The first-order valence-corrected chi connectivity index (χ1v) is 11.9. The van der Waals surface area contributed by atoms with Crippen LogP contribution in [0.5, 0.6) is 5.75 Å². The van der Waals surface area contributed by atoms with Gasteiger partial charge in [-0.05, 0) is 33.6 Å². The first-order chi connectivity index (χ1) is 16.3. The van der Waals surface area contributed by atoms with Gasteiger partial charge in [0.15, 0.2) is 6.10 Å². The molecule has 0 bridgehead atoms. The van der Waals surface area contributed by atoms with Gasteiger partial charge in [-0.2, -0.15) is 0 Å². The molecule has 0 aliphatic carbocycles. The highest BCUT2D eigenvalue weighted by atomic mass is 79.9. The third-order valence-corrected chi connectivity index (χ3v) is 6.86. The number of carboxylic acid groups (broad SMARTS) is 1. The number of alkyl carbamates (subject to hydrolysis) is 1. The van der Waals surface area contributed by atoms with Crippen molar-refractivity contribution in [2.24, 2.45) is 5.92 Å². The molecule has 2 aromatic carbocycles. The molecule has 2 aliphatic heterocycles. The molecule has 1 unspecified atom stereocenters. The van der Waals surface area contributed by atoms with Crippen LogP contribution in [0.3, 0.4) is 0 Å². The normalized spacial score (nSPS) is 17.5. The van der Waals surface area contributed by atoms with Gasteiger partial charge in [0.25, 0.3) is 5.91 Å². The lowest BCUT2D eigenvalue weighted by atomic mass is 9.98. The Balaban J connectivity index is 1.36. The molecule has 2 aliphatic rings. The fourth-order valence-corrected chi connectivity index (χ4v) is 4.35. The van der Waals surface area contributed by atoms with Gasteiger partial charge in [0.05, 0.1) is 10.7 Å². The zero-order valence-corrected chi connectivity index (χ0v) is 20.4. The van der Waals surface area contributed by atoms with E-state index in [0.29, 0.717) is 40.6 Å². The Labute approximate surface area is 209 Å². The number of carbonyl (C=O) groups is 3. The summed E-state index contributed by atoms with van der Waals surface area (Å²) < 4.78 is 11.8. The quantitative estimate of drug-likeness (QED) is 0.535. The van der Waals surface area contributed by atoms with Crippen LogP contribution in [0.4, 0.5) is 15.3 Å². The van der Waals surface area contributed by atoms with E-state index in [2.05, 4.69) is 21.2 Å². The predicted molar refractivity (Wildman–Crippen MR) is 128 cm³/mol. The number of hydrogen-bond donors (Lipinski definition) is 2. The molecule has 2 aromatic rings. The number of nitrogens with zero attached hydrogens (tertiary/aromatic N) is 2. The van der Waals surface area contributed by atoms with Gasteiger partial charge in [-0.25, -0.2) is 9.59 Å². The molecule has 0 radical (unpaired) electrons. The van der Waals surface area contributed by atoms with Crippen molar-refractivity contribution in [2.45, 2.75) is 19.1 Å². The van der Waals surface area contributed by atoms with Crippen LogP contribution in [-0.4, -0.2) is 60.4 Å². The largest absolute Gasteiger partial charge is 0.478 e. The summed E-state index contributed by atoms with van der Waals surface area (Å²) in [5, 5.41) is 12.2. The highest BCUT2D eigenvalue weighted by Crippen LogP contribution is 2.41. The standard InChI is InChI=1S/C23H23BrClN3O6/c24-16-8-20-18(9-17(16)25)28(12-15-10-27(11-15)23(31)32)21(29)19(34-20)6-7-26-22(30)33-13-14-4-2-1-3-5-14/h1-5,8-9,15,19H,6-7,10-13H2,(H,26,30)(H,31,32). The molecular formula is C23H23BrClN3O6. The van der Waals surface area contributed by atoms with E-state index in [9.17, 15) is 14.4 Å². The third-order valence-electron chi connectivity index (χ3n) is 5.66. The molecule has 0 aromatic heterocycles. The highest BCUT2D eigenvalue weighted by molar-refractivity contribution is 9.10. The maximum absolute atomic E-state index is 13.2. The van der Waals surface area contributed by atoms with Gasteiger partial charge in [0.1, 0.15) is 12.4 Å². The van der Waals surface area contributed by atoms with Crippen LogP contribution in [0.15, 0.2) is 46.9 Å². The first-order valence-electron chi connectivity index (χ1n) is 10.7. The second-order valence-electron chi connectivity index (χ2n) is 8.12. The van der Waals surface area contributed by atoms with Crippen LogP contribution in [0.1, 0.15) is 12.0 Å². The van der Waals surface area contributed by atoms with E-state index in [4.69, 9.17) is 26.2 Å². The summed E-state index contributed by atoms with van der Waals surface area (Å²) in [7, 11) is 0. The lowest BCUT2D eigenvalue weighted by Crippen LogP contribution is -2.56. The van der Waals surface area contributed by atoms with Gasteiger partial charge < -0.3 is 29.7 Å². The van der Waals surface area contributed by atoms with Gasteiger partial charge in [0.2, 0.25) is 0 Å². The fraction of sp³-hybridized carbons (Fsp3) is 0.348. The Morgan fingerprint density at radius 1 is 1.24 bits per heavy atom. The average molecular weight is 553 g/mol. The van der Waals surface area contributed by atoms with Crippen molar-refractivity contribution in [1.82, 2.24) is 10.2 Å². The van der Waals surface area contributed by atoms with Crippen LogP contribution in [0.2, 0.25) is 5.02 Å². The van der Waals surface area contributed by atoms with E-state index < -0.39 is 18.3 Å². The second-order valence-corrected chi connectivity index (χ2v) is 9.38. The molecular weight excluding hydrogens is 530 g/mol. The lowest BCUT2D eigenvalue weighted by Gasteiger charge is -2.42. The molecule has 2 heterocycles. The summed E-state index contributed by atoms with van der Waals surface area (Å²) in [6.07, 6.45) is -2.13. The number of nitrogens with one attached hydrogen (secondary N) is 1. The molecule has 4 rings (SSSR count). The number of rotatable bonds is 7. The molecule has 1 fully saturated rings. The lowest BCUT2D eigenvalue weighted by molar-refractivity contribution is -0.126. The summed E-state index contributed by atoms with van der Waals surface area (Å²) in [5.74, 6) is 0.237. The van der Waals surface area contributed by atoms with Crippen LogP contribution in [0.25, 0.3) is 0 Å². The molecule has 1 atom stereocenters. The smallest absolute Gasteiger partial charge is 0.407 e. The van der Waals surface area contributed by atoms with E-state index in [0.717, 1.165) is 5.56 Å². The van der Waals surface area contributed by atoms with Crippen LogP contribution in [-0.2, 0) is 16.1 Å². The topological polar surface area (TPSA) is 108 Å². The number of amides is 3. The SMILES string of the molecule is O=C(NCCC1Oc2cc(Br)c(Cl)cc2N(CC2CN(C(=O)O)C2)C1=O)OCc1ccccc1. The van der Waals surface area contributed by atoms with E-state index >= 15 is 0 Å². The summed E-state index contributed by atoms with van der Waals surface area (Å²) in [6.45, 7) is 1.40. The molecule has 1 saturated heterocycles. The zero-order valence-electron chi connectivity index (χ0n) is 18.1. The number of anilines is 1. The number of ether oxygens (including phenoxy) is 2. The van der Waals surface area contributed by atoms with Crippen molar-refractivity contribution in [3.05, 3.63) is 57.5 Å². The maximum atomic E-state index is 13.2. The molecule has 0 spiro atoms. The molecule has 180 valence electrons. The number of benzene rings is 2. The van der Waals surface area contributed by atoms with Crippen LogP contribution >= 0.6 is 27.5 Å². The van der Waals surface area contributed by atoms with E-state index in [-0.39, 0.29) is 31.4 Å².